The number of methoxy groups -OCH3 is 1. The molecule has 0 spiro atoms. The van der Waals surface area contributed by atoms with Gasteiger partial charge < -0.3 is 4.74 Å². The Kier molecular flexibility index (Phi) is 3.87. The monoisotopic (exact) mass is 335 g/mol. The predicted octanol–water partition coefficient (Wildman–Crippen LogP) is 2.19. The van der Waals surface area contributed by atoms with Gasteiger partial charge in [-0.05, 0) is 17.7 Å². The lowest BCUT2D eigenvalue weighted by atomic mass is 10.0. The van der Waals surface area contributed by atoms with Crippen LogP contribution in [0.1, 0.15) is 21.6 Å². The van der Waals surface area contributed by atoms with Crippen molar-refractivity contribution in [3.8, 4) is 0 Å². The van der Waals surface area contributed by atoms with Gasteiger partial charge in [-0.2, -0.15) is 0 Å². The molecule has 0 saturated heterocycles. The lowest BCUT2D eigenvalue weighted by Crippen LogP contribution is -2.25. The van der Waals surface area contributed by atoms with Crippen LogP contribution < -0.4 is 5.56 Å². The Bertz CT molecular complexity index is 964. The quantitative estimate of drug-likeness (QED) is 0.744. The second-order valence-corrected chi connectivity index (χ2v) is 5.22. The lowest BCUT2D eigenvalue weighted by Gasteiger charge is -2.08. The van der Waals surface area contributed by atoms with E-state index in [1.54, 1.807) is 12.1 Å². The number of nitrogens with zero attached hydrogens (tertiary/aromatic N) is 2. The molecule has 1 aromatic carbocycles. The van der Waals surface area contributed by atoms with Crippen LogP contribution in [-0.4, -0.2) is 27.7 Å². The molecule has 0 radical (unpaired) electrons. The maximum Gasteiger partial charge on any atom is 0.357 e. The Balaban J connectivity index is 2.17. The number of fused-ring (bicyclic) bond motifs is 1. The normalized spacial score (nSPS) is 10.9. The van der Waals surface area contributed by atoms with E-state index < -0.39 is 17.3 Å². The van der Waals surface area contributed by atoms with Gasteiger partial charge in [-0.15, -0.1) is 0 Å². The minimum atomic E-state index is -0.727. The number of aromatic amines is 1. The molecular weight excluding hydrogens is 325 g/mol. The predicted molar refractivity (Wildman–Crippen MR) is 81.4 cm³/mol. The van der Waals surface area contributed by atoms with Gasteiger partial charge in [0.2, 0.25) is 0 Å². The largest absolute Gasteiger partial charge is 0.464 e. The molecule has 0 saturated carbocycles. The van der Waals surface area contributed by atoms with Crippen LogP contribution in [-0.2, 0) is 11.2 Å². The van der Waals surface area contributed by atoms with E-state index in [0.29, 0.717) is 11.2 Å². The summed E-state index contributed by atoms with van der Waals surface area (Å²) in [7, 11) is 1.20. The minimum Gasteiger partial charge on any atom is -0.464 e. The number of H-pyrrole nitrogens is 1. The van der Waals surface area contributed by atoms with Crippen molar-refractivity contribution in [2.75, 3.05) is 7.11 Å². The average molecular weight is 336 g/mol. The fourth-order valence-corrected chi connectivity index (χ4v) is 2.39. The number of ether oxygens (including phenoxy) is 1. The number of halogens is 2. The summed E-state index contributed by atoms with van der Waals surface area (Å²) in [6.45, 7) is 0. The first-order valence-electron chi connectivity index (χ1n) is 6.62. The highest BCUT2D eigenvalue weighted by Gasteiger charge is 2.20. The van der Waals surface area contributed by atoms with E-state index in [0.717, 1.165) is 0 Å². The van der Waals surface area contributed by atoms with Gasteiger partial charge >= 0.3 is 5.97 Å². The van der Waals surface area contributed by atoms with Gasteiger partial charge in [0.05, 0.1) is 17.7 Å². The summed E-state index contributed by atoms with van der Waals surface area (Å²) in [6.07, 6.45) is 1.54. The summed E-state index contributed by atoms with van der Waals surface area (Å²) in [4.78, 5) is 28.6. The fraction of sp³-hybridized carbons (Fsp3) is 0.133. The molecule has 0 atom stereocenters. The standard InChI is InChI=1S/C15H11ClFN3O3/c1-23-15(22)13-9(6-8-2-3-10(16)11(17)7-8)14(21)20-12(19-13)4-5-18-20/h2-5,7,18H,6H2,1H3. The first-order chi connectivity index (χ1) is 11.0. The third-order valence-corrected chi connectivity index (χ3v) is 3.69. The second kappa shape index (κ2) is 5.85. The third-order valence-electron chi connectivity index (χ3n) is 3.38. The highest BCUT2D eigenvalue weighted by molar-refractivity contribution is 6.30. The van der Waals surface area contributed by atoms with Crippen LogP contribution in [0.2, 0.25) is 5.02 Å². The summed E-state index contributed by atoms with van der Waals surface area (Å²) in [5.74, 6) is -1.33. The molecule has 8 heteroatoms. The molecule has 118 valence electrons. The molecule has 3 aromatic rings. The first kappa shape index (κ1) is 15.2. The number of esters is 1. The number of nitrogens with one attached hydrogen (secondary N) is 1. The van der Waals surface area contributed by atoms with Crippen molar-refractivity contribution in [1.82, 2.24) is 14.6 Å². The lowest BCUT2D eigenvalue weighted by molar-refractivity contribution is 0.0592. The molecule has 0 aliphatic carbocycles. The summed E-state index contributed by atoms with van der Waals surface area (Å²) in [5.41, 5.74) is 0.352. The summed E-state index contributed by atoms with van der Waals surface area (Å²) in [5, 5.41) is 2.70. The number of carbonyl (C=O) groups is 1. The van der Waals surface area contributed by atoms with Crippen molar-refractivity contribution in [2.45, 2.75) is 6.42 Å². The highest BCUT2D eigenvalue weighted by Crippen LogP contribution is 2.18. The number of hydrogen-bond acceptors (Lipinski definition) is 4. The SMILES string of the molecule is COC(=O)c1nc2cc[nH]n2c(=O)c1Cc1ccc(Cl)c(F)c1. The Morgan fingerprint density at radius 2 is 2.22 bits per heavy atom. The van der Waals surface area contributed by atoms with E-state index in [4.69, 9.17) is 11.6 Å². The molecule has 0 aliphatic heterocycles. The number of rotatable bonds is 3. The van der Waals surface area contributed by atoms with Crippen LogP contribution in [0.4, 0.5) is 4.39 Å². The maximum atomic E-state index is 13.6. The summed E-state index contributed by atoms with van der Waals surface area (Å²) in [6, 6.07) is 5.74. The number of benzene rings is 1. The van der Waals surface area contributed by atoms with Crippen molar-refractivity contribution in [2.24, 2.45) is 0 Å². The van der Waals surface area contributed by atoms with E-state index in [9.17, 15) is 14.0 Å². The van der Waals surface area contributed by atoms with E-state index in [1.165, 1.54) is 30.0 Å². The van der Waals surface area contributed by atoms with Crippen molar-refractivity contribution in [3.05, 3.63) is 68.5 Å². The molecular formula is C15H11ClFN3O3. The topological polar surface area (TPSA) is 76.5 Å². The van der Waals surface area contributed by atoms with E-state index in [-0.39, 0.29) is 22.7 Å². The molecule has 0 unspecified atom stereocenters. The smallest absolute Gasteiger partial charge is 0.357 e. The Hall–Kier alpha value is -2.67. The Labute approximate surface area is 134 Å². The van der Waals surface area contributed by atoms with Gasteiger partial charge in [0, 0.05) is 18.7 Å². The highest BCUT2D eigenvalue weighted by atomic mass is 35.5. The molecule has 0 fully saturated rings. The van der Waals surface area contributed by atoms with Crippen molar-refractivity contribution in [3.63, 3.8) is 0 Å². The Morgan fingerprint density at radius 1 is 1.43 bits per heavy atom. The molecule has 0 aliphatic rings. The molecule has 3 rings (SSSR count). The van der Waals surface area contributed by atoms with Crippen molar-refractivity contribution < 1.29 is 13.9 Å². The molecule has 2 aromatic heterocycles. The zero-order valence-corrected chi connectivity index (χ0v) is 12.7. The zero-order valence-electron chi connectivity index (χ0n) is 12.0. The maximum absolute atomic E-state index is 13.6. The molecule has 23 heavy (non-hydrogen) atoms. The fourth-order valence-electron chi connectivity index (χ4n) is 2.27. The van der Waals surface area contributed by atoms with E-state index >= 15 is 0 Å². The van der Waals surface area contributed by atoms with Crippen LogP contribution in [0.3, 0.4) is 0 Å². The summed E-state index contributed by atoms with van der Waals surface area (Å²) < 4.78 is 19.5. The molecule has 2 heterocycles. The van der Waals surface area contributed by atoms with Gasteiger partial charge in [0.15, 0.2) is 11.3 Å². The number of carbonyl (C=O) groups excluding carboxylic acids is 1. The summed E-state index contributed by atoms with van der Waals surface area (Å²) >= 11 is 5.65. The van der Waals surface area contributed by atoms with Crippen molar-refractivity contribution in [1.29, 1.82) is 0 Å². The zero-order chi connectivity index (χ0) is 16.6. The van der Waals surface area contributed by atoms with Gasteiger partial charge in [-0.3, -0.25) is 9.89 Å². The van der Waals surface area contributed by atoms with Crippen LogP contribution in [0.15, 0.2) is 35.3 Å². The molecule has 0 bridgehead atoms. The number of hydrogen-bond donors (Lipinski definition) is 1. The van der Waals surface area contributed by atoms with Crippen LogP contribution >= 0.6 is 11.6 Å². The van der Waals surface area contributed by atoms with E-state index in [1.807, 2.05) is 0 Å². The molecule has 6 nitrogen and oxygen atoms in total. The first-order valence-corrected chi connectivity index (χ1v) is 7.00. The van der Waals surface area contributed by atoms with E-state index in [2.05, 4.69) is 14.8 Å². The van der Waals surface area contributed by atoms with Gasteiger partial charge in [-0.25, -0.2) is 18.7 Å². The molecule has 0 amide bonds. The second-order valence-electron chi connectivity index (χ2n) is 4.82. The van der Waals surface area contributed by atoms with Gasteiger partial charge in [-0.1, -0.05) is 17.7 Å². The number of aromatic nitrogens is 3. The van der Waals surface area contributed by atoms with Gasteiger partial charge in [0.1, 0.15) is 5.82 Å². The van der Waals surface area contributed by atoms with Gasteiger partial charge in [0.25, 0.3) is 5.56 Å². The average Bonchev–Trinajstić information content (AvgIpc) is 3.01. The molecule has 1 N–H and O–H groups in total. The van der Waals surface area contributed by atoms with Crippen molar-refractivity contribution >= 4 is 23.2 Å². The Morgan fingerprint density at radius 3 is 2.91 bits per heavy atom. The minimum absolute atomic E-state index is 0.0170. The van der Waals surface area contributed by atoms with Crippen LogP contribution in [0.25, 0.3) is 5.65 Å². The third kappa shape index (κ3) is 2.70. The van der Waals surface area contributed by atoms with Crippen LogP contribution in [0, 0.1) is 5.82 Å². The van der Waals surface area contributed by atoms with Crippen LogP contribution in [0.5, 0.6) is 0 Å².